The molecule has 1 aromatic carbocycles. The lowest BCUT2D eigenvalue weighted by molar-refractivity contribution is -0.119. The molecule has 0 spiro atoms. The minimum atomic E-state index is -0.977. The molecule has 104 valence electrons. The first kappa shape index (κ1) is 15.2. The average molecular weight is 264 g/mol. The highest BCUT2D eigenvalue weighted by Crippen LogP contribution is 2.17. The maximum Gasteiger partial charge on any atom is 0.335 e. The van der Waals surface area contributed by atoms with Gasteiger partial charge in [0.1, 0.15) is 0 Å². The summed E-state index contributed by atoms with van der Waals surface area (Å²) in [7, 11) is 1.68. The third kappa shape index (κ3) is 4.06. The zero-order valence-electron chi connectivity index (χ0n) is 11.3. The molecule has 0 saturated heterocycles. The summed E-state index contributed by atoms with van der Waals surface area (Å²) >= 11 is 0. The SMILES string of the molecule is CCC(CN)CC(=O)N(C)c1ccc(C(=O)O)cc1. The number of carbonyl (C=O) groups is 2. The van der Waals surface area contributed by atoms with Gasteiger partial charge in [-0.3, -0.25) is 4.79 Å². The number of aromatic carboxylic acids is 1. The summed E-state index contributed by atoms with van der Waals surface area (Å²) in [5.74, 6) is -0.802. The van der Waals surface area contributed by atoms with Gasteiger partial charge in [-0.2, -0.15) is 0 Å². The molecule has 0 aliphatic heterocycles. The summed E-state index contributed by atoms with van der Waals surface area (Å²) in [6.45, 7) is 2.50. The van der Waals surface area contributed by atoms with E-state index >= 15 is 0 Å². The van der Waals surface area contributed by atoms with Gasteiger partial charge in [0.25, 0.3) is 0 Å². The smallest absolute Gasteiger partial charge is 0.335 e. The van der Waals surface area contributed by atoms with Crippen LogP contribution in [-0.4, -0.2) is 30.6 Å². The number of amides is 1. The number of hydrogen-bond donors (Lipinski definition) is 2. The average Bonchev–Trinajstić information content (AvgIpc) is 2.43. The predicted molar refractivity (Wildman–Crippen MR) is 74.3 cm³/mol. The van der Waals surface area contributed by atoms with Crippen LogP contribution in [0.5, 0.6) is 0 Å². The van der Waals surface area contributed by atoms with Crippen molar-refractivity contribution in [1.82, 2.24) is 0 Å². The second-order valence-electron chi connectivity index (χ2n) is 4.52. The van der Waals surface area contributed by atoms with Gasteiger partial charge in [0, 0.05) is 19.2 Å². The Morgan fingerprint density at radius 2 is 1.89 bits per heavy atom. The molecular formula is C14H20N2O3. The third-order valence-corrected chi connectivity index (χ3v) is 3.25. The number of carboxylic acids is 1. The topological polar surface area (TPSA) is 83.6 Å². The highest BCUT2D eigenvalue weighted by Gasteiger charge is 2.16. The number of anilines is 1. The van der Waals surface area contributed by atoms with Crippen LogP contribution in [-0.2, 0) is 4.79 Å². The first-order chi connectivity index (χ1) is 8.99. The van der Waals surface area contributed by atoms with Gasteiger partial charge < -0.3 is 15.7 Å². The van der Waals surface area contributed by atoms with E-state index in [-0.39, 0.29) is 17.4 Å². The molecular weight excluding hydrogens is 244 g/mol. The number of hydrogen-bond acceptors (Lipinski definition) is 3. The zero-order chi connectivity index (χ0) is 14.4. The second kappa shape index (κ2) is 6.89. The molecule has 5 nitrogen and oxygen atoms in total. The van der Waals surface area contributed by atoms with Crippen molar-refractivity contribution in [3.63, 3.8) is 0 Å². The summed E-state index contributed by atoms with van der Waals surface area (Å²) in [5.41, 5.74) is 6.48. The Hall–Kier alpha value is -1.88. The van der Waals surface area contributed by atoms with Gasteiger partial charge >= 0.3 is 5.97 Å². The van der Waals surface area contributed by atoms with E-state index in [0.29, 0.717) is 18.7 Å². The zero-order valence-corrected chi connectivity index (χ0v) is 11.3. The number of nitrogens with two attached hydrogens (primary N) is 1. The van der Waals surface area contributed by atoms with Crippen molar-refractivity contribution in [2.45, 2.75) is 19.8 Å². The van der Waals surface area contributed by atoms with E-state index in [2.05, 4.69) is 0 Å². The molecule has 1 rings (SSSR count). The van der Waals surface area contributed by atoms with Crippen molar-refractivity contribution in [2.75, 3.05) is 18.5 Å². The maximum absolute atomic E-state index is 12.0. The van der Waals surface area contributed by atoms with E-state index in [9.17, 15) is 9.59 Å². The minimum absolute atomic E-state index is 0.0135. The fraction of sp³-hybridized carbons (Fsp3) is 0.429. The molecule has 0 fully saturated rings. The molecule has 1 atom stereocenters. The van der Waals surface area contributed by atoms with E-state index in [4.69, 9.17) is 10.8 Å². The van der Waals surface area contributed by atoms with Crippen molar-refractivity contribution in [3.05, 3.63) is 29.8 Å². The van der Waals surface area contributed by atoms with Crippen molar-refractivity contribution >= 4 is 17.6 Å². The molecule has 0 bridgehead atoms. The predicted octanol–water partition coefficient (Wildman–Crippen LogP) is 1.72. The summed E-state index contributed by atoms with van der Waals surface area (Å²) in [5, 5.41) is 8.81. The molecule has 19 heavy (non-hydrogen) atoms. The van der Waals surface area contributed by atoms with Crippen LogP contribution in [0.15, 0.2) is 24.3 Å². The van der Waals surface area contributed by atoms with Crippen molar-refractivity contribution in [2.24, 2.45) is 11.7 Å². The van der Waals surface area contributed by atoms with E-state index in [0.717, 1.165) is 6.42 Å². The summed E-state index contributed by atoms with van der Waals surface area (Å²) in [6.07, 6.45) is 1.28. The molecule has 1 amide bonds. The fourth-order valence-electron chi connectivity index (χ4n) is 1.75. The van der Waals surface area contributed by atoms with E-state index in [1.807, 2.05) is 6.92 Å². The molecule has 1 unspecified atom stereocenters. The molecule has 0 saturated carbocycles. The van der Waals surface area contributed by atoms with Gasteiger partial charge in [-0.25, -0.2) is 4.79 Å². The van der Waals surface area contributed by atoms with Gasteiger partial charge in [0.05, 0.1) is 5.56 Å². The molecule has 1 aromatic rings. The summed E-state index contributed by atoms with van der Waals surface area (Å²) in [6, 6.07) is 6.23. The minimum Gasteiger partial charge on any atom is -0.478 e. The lowest BCUT2D eigenvalue weighted by Crippen LogP contribution is -2.30. The van der Waals surface area contributed by atoms with Gasteiger partial charge in [-0.05, 0) is 36.7 Å². The molecule has 0 heterocycles. The van der Waals surface area contributed by atoms with Gasteiger partial charge in [0.15, 0.2) is 0 Å². The largest absolute Gasteiger partial charge is 0.478 e. The van der Waals surface area contributed by atoms with E-state index < -0.39 is 5.97 Å². The van der Waals surface area contributed by atoms with E-state index in [1.165, 1.54) is 17.0 Å². The number of carbonyl (C=O) groups excluding carboxylic acids is 1. The lowest BCUT2D eigenvalue weighted by atomic mass is 10.0. The van der Waals surface area contributed by atoms with Crippen molar-refractivity contribution in [1.29, 1.82) is 0 Å². The Kier molecular flexibility index (Phi) is 5.51. The van der Waals surface area contributed by atoms with Gasteiger partial charge in [0.2, 0.25) is 5.91 Å². The normalized spacial score (nSPS) is 11.9. The summed E-state index contributed by atoms with van der Waals surface area (Å²) < 4.78 is 0. The number of rotatable bonds is 6. The molecule has 0 radical (unpaired) electrons. The fourth-order valence-corrected chi connectivity index (χ4v) is 1.75. The Morgan fingerprint density at radius 3 is 2.32 bits per heavy atom. The van der Waals surface area contributed by atoms with Crippen LogP contribution in [0.1, 0.15) is 30.1 Å². The standard InChI is InChI=1S/C14H20N2O3/c1-3-10(9-15)8-13(17)16(2)12-6-4-11(5-7-12)14(18)19/h4-7,10H,3,8-9,15H2,1-2H3,(H,18,19). The quantitative estimate of drug-likeness (QED) is 0.819. The lowest BCUT2D eigenvalue weighted by Gasteiger charge is -2.20. The number of nitrogens with zero attached hydrogens (tertiary/aromatic N) is 1. The number of carboxylic acid groups (broad SMARTS) is 1. The molecule has 0 aliphatic rings. The van der Waals surface area contributed by atoms with Crippen molar-refractivity contribution in [3.8, 4) is 0 Å². The Labute approximate surface area is 113 Å². The van der Waals surface area contributed by atoms with Crippen LogP contribution < -0.4 is 10.6 Å². The maximum atomic E-state index is 12.0. The first-order valence-corrected chi connectivity index (χ1v) is 6.29. The Balaban J connectivity index is 2.73. The number of benzene rings is 1. The van der Waals surface area contributed by atoms with Crippen LogP contribution in [0.25, 0.3) is 0 Å². The van der Waals surface area contributed by atoms with Gasteiger partial charge in [-0.1, -0.05) is 13.3 Å². The van der Waals surface area contributed by atoms with Crippen LogP contribution in [0, 0.1) is 5.92 Å². The van der Waals surface area contributed by atoms with Crippen LogP contribution >= 0.6 is 0 Å². The molecule has 0 aliphatic carbocycles. The molecule has 5 heteroatoms. The second-order valence-corrected chi connectivity index (χ2v) is 4.52. The molecule has 0 aromatic heterocycles. The van der Waals surface area contributed by atoms with Crippen LogP contribution in [0.3, 0.4) is 0 Å². The summed E-state index contributed by atoms with van der Waals surface area (Å²) in [4.78, 5) is 24.3. The van der Waals surface area contributed by atoms with Crippen LogP contribution in [0.4, 0.5) is 5.69 Å². The Morgan fingerprint density at radius 1 is 1.32 bits per heavy atom. The highest BCUT2D eigenvalue weighted by molar-refractivity contribution is 5.94. The molecule has 3 N–H and O–H groups in total. The monoisotopic (exact) mass is 264 g/mol. The van der Waals surface area contributed by atoms with Crippen molar-refractivity contribution < 1.29 is 14.7 Å². The van der Waals surface area contributed by atoms with Gasteiger partial charge in [-0.15, -0.1) is 0 Å². The third-order valence-electron chi connectivity index (χ3n) is 3.25. The van der Waals surface area contributed by atoms with E-state index in [1.54, 1.807) is 19.2 Å². The van der Waals surface area contributed by atoms with Crippen LogP contribution in [0.2, 0.25) is 0 Å². The highest BCUT2D eigenvalue weighted by atomic mass is 16.4. The first-order valence-electron chi connectivity index (χ1n) is 6.29. The Bertz CT molecular complexity index is 439.